The first-order chi connectivity index (χ1) is 10.7. The molecule has 122 valence electrons. The largest absolute Gasteiger partial charge is 0.378 e. The van der Waals surface area contributed by atoms with Crippen molar-refractivity contribution in [1.29, 1.82) is 0 Å². The smallest absolute Gasteiger partial charge is 0.0361 e. The zero-order chi connectivity index (χ0) is 16.0. The fraction of sp³-hybridized carbons (Fsp3) is 0.619. The van der Waals surface area contributed by atoms with E-state index in [0.717, 1.165) is 12.0 Å². The van der Waals surface area contributed by atoms with Crippen molar-refractivity contribution in [1.82, 2.24) is 0 Å². The number of unbranched alkanes of at least 4 members (excludes halogenated alkanes) is 9. The van der Waals surface area contributed by atoms with Crippen LogP contribution in [0, 0.1) is 11.8 Å². The molecule has 0 spiro atoms. The molecule has 0 radical (unpaired) electrons. The van der Waals surface area contributed by atoms with Crippen molar-refractivity contribution in [2.24, 2.45) is 0 Å². The van der Waals surface area contributed by atoms with E-state index in [0.29, 0.717) is 0 Å². The Morgan fingerprint density at radius 1 is 0.773 bits per heavy atom. The second kappa shape index (κ2) is 12.2. The summed E-state index contributed by atoms with van der Waals surface area (Å²) in [7, 11) is 4.12. The maximum Gasteiger partial charge on any atom is 0.0361 e. The first kappa shape index (κ1) is 18.6. The molecule has 0 N–H and O–H groups in total. The molecule has 0 aliphatic carbocycles. The summed E-state index contributed by atoms with van der Waals surface area (Å²) in [6, 6.07) is 8.47. The number of nitrogens with zero attached hydrogens (tertiary/aromatic N) is 1. The van der Waals surface area contributed by atoms with Crippen LogP contribution in [-0.2, 0) is 0 Å². The van der Waals surface area contributed by atoms with Crippen LogP contribution in [0.1, 0.15) is 76.7 Å². The minimum atomic E-state index is 1.03. The quantitative estimate of drug-likeness (QED) is 0.377. The molecule has 1 nitrogen and oxygen atoms in total. The van der Waals surface area contributed by atoms with Crippen molar-refractivity contribution in [2.75, 3.05) is 19.0 Å². The minimum absolute atomic E-state index is 1.03. The SMILES string of the molecule is CCCCCCCCCCCC#Cc1ccc(N(C)C)cc1. The van der Waals surface area contributed by atoms with E-state index in [1.807, 2.05) is 0 Å². The average molecular weight is 300 g/mol. The van der Waals surface area contributed by atoms with Crippen LogP contribution < -0.4 is 4.90 Å². The standard InChI is InChI=1S/C21H33N/c1-4-5-6-7-8-9-10-11-12-13-14-15-20-16-18-21(19-17-20)22(2)3/h16-19H,4-13H2,1-3H3. The van der Waals surface area contributed by atoms with Crippen LogP contribution in [-0.4, -0.2) is 14.1 Å². The molecule has 0 aromatic heterocycles. The Kier molecular flexibility index (Phi) is 10.3. The molecular formula is C21H33N. The van der Waals surface area contributed by atoms with Gasteiger partial charge in [-0.25, -0.2) is 0 Å². The fourth-order valence-corrected chi connectivity index (χ4v) is 2.53. The van der Waals surface area contributed by atoms with Gasteiger partial charge in [0.05, 0.1) is 0 Å². The Labute approximate surface area is 138 Å². The van der Waals surface area contributed by atoms with E-state index in [4.69, 9.17) is 0 Å². The third-order valence-electron chi connectivity index (χ3n) is 4.02. The van der Waals surface area contributed by atoms with Gasteiger partial charge in [-0.15, -0.1) is 0 Å². The molecule has 0 unspecified atom stereocenters. The molecule has 22 heavy (non-hydrogen) atoms. The van der Waals surface area contributed by atoms with Gasteiger partial charge in [-0.3, -0.25) is 0 Å². The lowest BCUT2D eigenvalue weighted by Gasteiger charge is -2.11. The fourth-order valence-electron chi connectivity index (χ4n) is 2.53. The molecule has 0 fully saturated rings. The molecule has 0 amide bonds. The van der Waals surface area contributed by atoms with Crippen molar-refractivity contribution < 1.29 is 0 Å². The van der Waals surface area contributed by atoms with Crippen molar-refractivity contribution in [2.45, 2.75) is 71.1 Å². The zero-order valence-corrected chi connectivity index (χ0v) is 14.8. The van der Waals surface area contributed by atoms with Crippen LogP contribution in [0.3, 0.4) is 0 Å². The molecule has 0 saturated carbocycles. The number of anilines is 1. The molecular weight excluding hydrogens is 266 g/mol. The highest BCUT2D eigenvalue weighted by Gasteiger charge is 1.93. The van der Waals surface area contributed by atoms with Crippen molar-refractivity contribution in [3.63, 3.8) is 0 Å². The van der Waals surface area contributed by atoms with Gasteiger partial charge in [0, 0.05) is 31.8 Å². The molecule has 0 bridgehead atoms. The Morgan fingerprint density at radius 2 is 1.32 bits per heavy atom. The van der Waals surface area contributed by atoms with E-state index in [9.17, 15) is 0 Å². The number of benzene rings is 1. The lowest BCUT2D eigenvalue weighted by atomic mass is 10.1. The van der Waals surface area contributed by atoms with E-state index in [-0.39, 0.29) is 0 Å². The summed E-state index contributed by atoms with van der Waals surface area (Å²) >= 11 is 0. The second-order valence-corrected chi connectivity index (χ2v) is 6.32. The highest BCUT2D eigenvalue weighted by atomic mass is 15.1. The molecule has 0 saturated heterocycles. The highest BCUT2D eigenvalue weighted by molar-refractivity contribution is 5.49. The van der Waals surface area contributed by atoms with Gasteiger partial charge in [0.15, 0.2) is 0 Å². The maximum atomic E-state index is 3.31. The number of hydrogen-bond donors (Lipinski definition) is 0. The molecule has 0 aliphatic rings. The van der Waals surface area contributed by atoms with Gasteiger partial charge in [0.25, 0.3) is 0 Å². The van der Waals surface area contributed by atoms with Crippen LogP contribution in [0.5, 0.6) is 0 Å². The third-order valence-corrected chi connectivity index (χ3v) is 4.02. The normalized spacial score (nSPS) is 10.1. The Balaban J connectivity index is 2.05. The zero-order valence-electron chi connectivity index (χ0n) is 14.8. The molecule has 1 aromatic rings. The van der Waals surface area contributed by atoms with E-state index < -0.39 is 0 Å². The Bertz CT molecular complexity index is 433. The van der Waals surface area contributed by atoms with E-state index in [1.54, 1.807) is 0 Å². The first-order valence-electron chi connectivity index (χ1n) is 9.00. The maximum absolute atomic E-state index is 3.31. The highest BCUT2D eigenvalue weighted by Crippen LogP contribution is 2.12. The number of hydrogen-bond acceptors (Lipinski definition) is 1. The summed E-state index contributed by atoms with van der Waals surface area (Å²) in [5.41, 5.74) is 2.35. The average Bonchev–Trinajstić information content (AvgIpc) is 2.53. The van der Waals surface area contributed by atoms with Crippen LogP contribution in [0.2, 0.25) is 0 Å². The topological polar surface area (TPSA) is 3.24 Å². The van der Waals surface area contributed by atoms with E-state index >= 15 is 0 Å². The lowest BCUT2D eigenvalue weighted by Crippen LogP contribution is -2.07. The molecule has 0 aliphatic heterocycles. The van der Waals surface area contributed by atoms with Gasteiger partial charge in [0.1, 0.15) is 0 Å². The summed E-state index contributed by atoms with van der Waals surface area (Å²) in [6.45, 7) is 2.28. The number of rotatable bonds is 10. The summed E-state index contributed by atoms with van der Waals surface area (Å²) in [4.78, 5) is 2.11. The summed E-state index contributed by atoms with van der Waals surface area (Å²) in [6.07, 6.45) is 13.4. The predicted octanol–water partition coefficient (Wildman–Crippen LogP) is 6.03. The molecule has 0 atom stereocenters. The van der Waals surface area contributed by atoms with Crippen molar-refractivity contribution in [3.05, 3.63) is 29.8 Å². The Morgan fingerprint density at radius 3 is 1.86 bits per heavy atom. The van der Waals surface area contributed by atoms with Crippen LogP contribution in [0.25, 0.3) is 0 Å². The van der Waals surface area contributed by atoms with Crippen molar-refractivity contribution in [3.8, 4) is 11.8 Å². The summed E-state index contributed by atoms with van der Waals surface area (Å²) < 4.78 is 0. The summed E-state index contributed by atoms with van der Waals surface area (Å²) in [5.74, 6) is 6.57. The van der Waals surface area contributed by atoms with E-state index in [1.165, 1.54) is 63.5 Å². The van der Waals surface area contributed by atoms with Gasteiger partial charge in [-0.2, -0.15) is 0 Å². The van der Waals surface area contributed by atoms with Gasteiger partial charge in [-0.1, -0.05) is 70.1 Å². The van der Waals surface area contributed by atoms with Gasteiger partial charge >= 0.3 is 0 Å². The van der Waals surface area contributed by atoms with Gasteiger partial charge in [-0.05, 0) is 30.7 Å². The van der Waals surface area contributed by atoms with Crippen LogP contribution in [0.4, 0.5) is 5.69 Å². The van der Waals surface area contributed by atoms with Crippen LogP contribution >= 0.6 is 0 Å². The molecule has 0 heterocycles. The molecule has 1 rings (SSSR count). The van der Waals surface area contributed by atoms with Crippen molar-refractivity contribution >= 4 is 5.69 Å². The predicted molar refractivity (Wildman–Crippen MR) is 99.5 cm³/mol. The molecule has 1 heteroatoms. The van der Waals surface area contributed by atoms with Gasteiger partial charge < -0.3 is 4.90 Å². The van der Waals surface area contributed by atoms with E-state index in [2.05, 4.69) is 62.0 Å². The third kappa shape index (κ3) is 8.78. The first-order valence-corrected chi connectivity index (χ1v) is 9.00. The summed E-state index contributed by atoms with van der Waals surface area (Å²) in [5, 5.41) is 0. The lowest BCUT2D eigenvalue weighted by molar-refractivity contribution is 0.567. The van der Waals surface area contributed by atoms with Crippen LogP contribution in [0.15, 0.2) is 24.3 Å². The monoisotopic (exact) mass is 299 g/mol. The second-order valence-electron chi connectivity index (χ2n) is 6.32. The Hall–Kier alpha value is -1.42. The van der Waals surface area contributed by atoms with Gasteiger partial charge in [0.2, 0.25) is 0 Å². The molecule has 1 aromatic carbocycles. The minimum Gasteiger partial charge on any atom is -0.378 e.